The van der Waals surface area contributed by atoms with Crippen molar-refractivity contribution in [2.45, 2.75) is 53.1 Å². The molecule has 0 amide bonds. The summed E-state index contributed by atoms with van der Waals surface area (Å²) in [5.41, 5.74) is 3.77. The quantitative estimate of drug-likeness (QED) is 0.806. The van der Waals surface area contributed by atoms with E-state index >= 15 is 0 Å². The summed E-state index contributed by atoms with van der Waals surface area (Å²) in [7, 11) is 2.00. The number of aromatic nitrogens is 2. The van der Waals surface area contributed by atoms with Crippen LogP contribution in [0.2, 0.25) is 0 Å². The first-order valence-electron chi connectivity index (χ1n) is 5.82. The van der Waals surface area contributed by atoms with Gasteiger partial charge in [0.1, 0.15) is 0 Å². The molecule has 1 N–H and O–H groups in total. The number of hydrogen-bond acceptors (Lipinski definition) is 2. The van der Waals surface area contributed by atoms with Crippen LogP contribution in [-0.4, -0.2) is 15.8 Å². The van der Waals surface area contributed by atoms with Crippen LogP contribution in [0.3, 0.4) is 0 Å². The van der Waals surface area contributed by atoms with Gasteiger partial charge in [0, 0.05) is 30.9 Å². The monoisotopic (exact) mass is 209 g/mol. The fourth-order valence-corrected chi connectivity index (χ4v) is 1.90. The molecule has 1 heterocycles. The summed E-state index contributed by atoms with van der Waals surface area (Å²) >= 11 is 0. The van der Waals surface area contributed by atoms with Crippen LogP contribution in [0.4, 0.5) is 0 Å². The predicted molar refractivity (Wildman–Crippen MR) is 63.9 cm³/mol. The maximum Gasteiger partial charge on any atom is 0.0641 e. The highest BCUT2D eigenvalue weighted by Crippen LogP contribution is 2.12. The Bertz CT molecular complexity index is 311. The zero-order valence-electron chi connectivity index (χ0n) is 10.6. The topological polar surface area (TPSA) is 29.9 Å². The predicted octanol–water partition coefficient (Wildman–Crippen LogP) is 2.32. The number of nitrogens with one attached hydrogen (secondary N) is 1. The van der Waals surface area contributed by atoms with Gasteiger partial charge >= 0.3 is 0 Å². The lowest BCUT2D eigenvalue weighted by Crippen LogP contribution is -2.27. The van der Waals surface area contributed by atoms with Crippen LogP contribution in [0.5, 0.6) is 0 Å². The minimum Gasteiger partial charge on any atom is -0.310 e. The van der Waals surface area contributed by atoms with Gasteiger partial charge in [-0.2, -0.15) is 5.10 Å². The maximum atomic E-state index is 4.42. The van der Waals surface area contributed by atoms with E-state index in [1.165, 1.54) is 24.1 Å². The molecule has 3 nitrogen and oxygen atoms in total. The molecule has 0 saturated heterocycles. The first-order chi connectivity index (χ1) is 7.10. The van der Waals surface area contributed by atoms with Gasteiger partial charge in [-0.15, -0.1) is 0 Å². The molecule has 1 rings (SSSR count). The van der Waals surface area contributed by atoms with E-state index in [4.69, 9.17) is 0 Å². The Morgan fingerprint density at radius 1 is 1.27 bits per heavy atom. The maximum absolute atomic E-state index is 4.42. The molecule has 0 aliphatic heterocycles. The minimum absolute atomic E-state index is 0.629. The van der Waals surface area contributed by atoms with Gasteiger partial charge < -0.3 is 5.32 Å². The van der Waals surface area contributed by atoms with Crippen molar-refractivity contribution in [3.8, 4) is 0 Å². The summed E-state index contributed by atoms with van der Waals surface area (Å²) in [6.45, 7) is 9.60. The third-order valence-electron chi connectivity index (χ3n) is 3.21. The zero-order valence-corrected chi connectivity index (χ0v) is 10.6. The molecule has 86 valence electrons. The largest absolute Gasteiger partial charge is 0.310 e. The lowest BCUT2D eigenvalue weighted by Gasteiger charge is -2.14. The molecule has 1 aromatic rings. The molecule has 0 radical (unpaired) electrons. The van der Waals surface area contributed by atoms with Crippen molar-refractivity contribution in [2.24, 2.45) is 7.05 Å². The highest BCUT2D eigenvalue weighted by Gasteiger charge is 2.10. The molecular weight excluding hydrogens is 186 g/mol. The van der Waals surface area contributed by atoms with Gasteiger partial charge in [-0.3, -0.25) is 4.68 Å². The molecule has 0 aromatic carbocycles. The summed E-state index contributed by atoms with van der Waals surface area (Å²) in [4.78, 5) is 0. The standard InChI is InChI=1S/C12H23N3/c1-6-11(7-2)13-8-12-9(3)14-15(5)10(12)4/h11,13H,6-8H2,1-5H3. The highest BCUT2D eigenvalue weighted by molar-refractivity contribution is 5.24. The van der Waals surface area contributed by atoms with Gasteiger partial charge in [0.15, 0.2) is 0 Å². The average molecular weight is 209 g/mol. The van der Waals surface area contributed by atoms with Crippen LogP contribution in [0.25, 0.3) is 0 Å². The molecule has 0 fully saturated rings. The Labute approximate surface area is 92.9 Å². The Balaban J connectivity index is 2.64. The lowest BCUT2D eigenvalue weighted by atomic mass is 10.1. The van der Waals surface area contributed by atoms with Crippen LogP contribution in [-0.2, 0) is 13.6 Å². The Kier molecular flexibility index (Phi) is 4.33. The molecule has 3 heteroatoms. The second kappa shape index (κ2) is 5.31. The van der Waals surface area contributed by atoms with Crippen LogP contribution in [0.15, 0.2) is 0 Å². The smallest absolute Gasteiger partial charge is 0.0641 e. The fourth-order valence-electron chi connectivity index (χ4n) is 1.90. The second-order valence-electron chi connectivity index (χ2n) is 4.17. The summed E-state index contributed by atoms with van der Waals surface area (Å²) in [6, 6.07) is 0.629. The van der Waals surface area contributed by atoms with Crippen molar-refractivity contribution in [3.05, 3.63) is 17.0 Å². The van der Waals surface area contributed by atoms with E-state index in [0.29, 0.717) is 6.04 Å². The van der Waals surface area contributed by atoms with Crippen LogP contribution in [0.1, 0.15) is 43.6 Å². The van der Waals surface area contributed by atoms with Crippen LogP contribution in [0, 0.1) is 13.8 Å². The molecular formula is C12H23N3. The average Bonchev–Trinajstić information content (AvgIpc) is 2.45. The van der Waals surface area contributed by atoms with Crippen molar-refractivity contribution in [1.29, 1.82) is 0 Å². The summed E-state index contributed by atoms with van der Waals surface area (Å²) in [5, 5.41) is 7.99. The SMILES string of the molecule is CCC(CC)NCc1c(C)nn(C)c1C. The van der Waals surface area contributed by atoms with Gasteiger partial charge in [0.2, 0.25) is 0 Å². The van der Waals surface area contributed by atoms with Crippen LogP contribution >= 0.6 is 0 Å². The second-order valence-corrected chi connectivity index (χ2v) is 4.17. The van der Waals surface area contributed by atoms with E-state index in [1.54, 1.807) is 0 Å². The number of aryl methyl sites for hydroxylation is 2. The zero-order chi connectivity index (χ0) is 11.4. The van der Waals surface area contributed by atoms with Crippen molar-refractivity contribution >= 4 is 0 Å². The molecule has 1 aromatic heterocycles. The molecule has 0 saturated carbocycles. The fraction of sp³-hybridized carbons (Fsp3) is 0.750. The van der Waals surface area contributed by atoms with E-state index < -0.39 is 0 Å². The summed E-state index contributed by atoms with van der Waals surface area (Å²) in [6.07, 6.45) is 2.38. The van der Waals surface area contributed by atoms with Crippen LogP contribution < -0.4 is 5.32 Å². The highest BCUT2D eigenvalue weighted by atomic mass is 15.3. The van der Waals surface area contributed by atoms with Gasteiger partial charge in [0.05, 0.1) is 5.69 Å². The van der Waals surface area contributed by atoms with E-state index in [0.717, 1.165) is 12.2 Å². The van der Waals surface area contributed by atoms with Gasteiger partial charge in [-0.1, -0.05) is 13.8 Å². The Morgan fingerprint density at radius 3 is 2.27 bits per heavy atom. The Hall–Kier alpha value is -0.830. The Morgan fingerprint density at radius 2 is 1.87 bits per heavy atom. The normalized spacial score (nSPS) is 11.3. The molecule has 0 aliphatic carbocycles. The molecule has 0 bridgehead atoms. The third kappa shape index (κ3) is 2.81. The number of nitrogens with zero attached hydrogens (tertiary/aromatic N) is 2. The number of rotatable bonds is 5. The van der Waals surface area contributed by atoms with Gasteiger partial charge in [-0.25, -0.2) is 0 Å². The van der Waals surface area contributed by atoms with E-state index in [-0.39, 0.29) is 0 Å². The molecule has 0 atom stereocenters. The first kappa shape index (κ1) is 12.2. The molecule has 0 aliphatic rings. The van der Waals surface area contributed by atoms with Crippen molar-refractivity contribution in [3.63, 3.8) is 0 Å². The molecule has 0 unspecified atom stereocenters. The van der Waals surface area contributed by atoms with Crippen molar-refractivity contribution in [2.75, 3.05) is 0 Å². The van der Waals surface area contributed by atoms with E-state index in [1.807, 2.05) is 11.7 Å². The van der Waals surface area contributed by atoms with E-state index in [2.05, 4.69) is 38.1 Å². The summed E-state index contributed by atoms with van der Waals surface area (Å²) in [5.74, 6) is 0. The lowest BCUT2D eigenvalue weighted by molar-refractivity contribution is 0.482. The van der Waals surface area contributed by atoms with E-state index in [9.17, 15) is 0 Å². The molecule has 15 heavy (non-hydrogen) atoms. The third-order valence-corrected chi connectivity index (χ3v) is 3.21. The molecule has 0 spiro atoms. The number of hydrogen-bond donors (Lipinski definition) is 1. The minimum atomic E-state index is 0.629. The van der Waals surface area contributed by atoms with Gasteiger partial charge in [-0.05, 0) is 26.7 Å². The van der Waals surface area contributed by atoms with Gasteiger partial charge in [0.25, 0.3) is 0 Å². The van der Waals surface area contributed by atoms with Crippen molar-refractivity contribution < 1.29 is 0 Å². The summed E-state index contributed by atoms with van der Waals surface area (Å²) < 4.78 is 1.96. The van der Waals surface area contributed by atoms with Crippen molar-refractivity contribution in [1.82, 2.24) is 15.1 Å². The first-order valence-corrected chi connectivity index (χ1v) is 5.82.